The molecule has 0 radical (unpaired) electrons. The number of rotatable bonds is 3. The predicted octanol–water partition coefficient (Wildman–Crippen LogP) is 1.47. The molecule has 1 rings (SSSR count). The summed E-state index contributed by atoms with van der Waals surface area (Å²) in [5, 5.41) is 0. The van der Waals surface area contributed by atoms with Crippen molar-refractivity contribution in [2.24, 2.45) is 0 Å². The molecule has 98 valence electrons. The zero-order chi connectivity index (χ0) is 13.0. The van der Waals surface area contributed by atoms with Crippen molar-refractivity contribution >= 4 is 23.4 Å². The predicted molar refractivity (Wildman–Crippen MR) is 68.0 cm³/mol. The number of hydrogen-bond acceptors (Lipinski definition) is 2. The minimum Gasteiger partial charge on any atom is -0.340 e. The molecule has 4 nitrogen and oxygen atoms in total. The summed E-state index contributed by atoms with van der Waals surface area (Å²) in [4.78, 5) is 26.8. The number of amides is 2. The average molecular weight is 261 g/mol. The van der Waals surface area contributed by atoms with E-state index in [1.807, 2.05) is 18.7 Å². The van der Waals surface area contributed by atoms with Gasteiger partial charge in [-0.15, -0.1) is 11.6 Å². The van der Waals surface area contributed by atoms with E-state index in [-0.39, 0.29) is 29.8 Å². The highest BCUT2D eigenvalue weighted by molar-refractivity contribution is 6.27. The molecule has 0 N–H and O–H groups in total. The number of piperidine rings is 1. The van der Waals surface area contributed by atoms with Crippen molar-refractivity contribution in [2.75, 3.05) is 19.0 Å². The van der Waals surface area contributed by atoms with Crippen molar-refractivity contribution < 1.29 is 9.59 Å². The van der Waals surface area contributed by atoms with E-state index in [1.54, 1.807) is 11.8 Å². The first kappa shape index (κ1) is 14.3. The van der Waals surface area contributed by atoms with Crippen molar-refractivity contribution in [2.45, 2.75) is 45.7 Å². The Hall–Kier alpha value is -0.770. The minimum absolute atomic E-state index is 0.0223. The summed E-state index contributed by atoms with van der Waals surface area (Å²) in [6.07, 6.45) is 1.90. The lowest BCUT2D eigenvalue weighted by Gasteiger charge is -2.40. The van der Waals surface area contributed by atoms with Crippen LogP contribution in [0.2, 0.25) is 0 Å². The Labute approximate surface area is 108 Å². The van der Waals surface area contributed by atoms with Crippen molar-refractivity contribution in [1.82, 2.24) is 9.80 Å². The molecule has 1 aliphatic rings. The van der Waals surface area contributed by atoms with E-state index in [2.05, 4.69) is 0 Å². The van der Waals surface area contributed by atoms with E-state index in [1.165, 1.54) is 0 Å². The Balaban J connectivity index is 2.70. The molecule has 1 saturated heterocycles. The Morgan fingerprint density at radius 1 is 1.47 bits per heavy atom. The largest absolute Gasteiger partial charge is 0.340 e. The first-order valence-corrected chi connectivity index (χ1v) is 6.63. The van der Waals surface area contributed by atoms with E-state index >= 15 is 0 Å². The maximum Gasteiger partial charge on any atom is 0.237 e. The second-order valence-corrected chi connectivity index (χ2v) is 5.06. The fourth-order valence-corrected chi connectivity index (χ4v) is 2.70. The van der Waals surface area contributed by atoms with Crippen LogP contribution < -0.4 is 0 Å². The van der Waals surface area contributed by atoms with Crippen LogP contribution in [-0.4, -0.2) is 52.7 Å². The summed E-state index contributed by atoms with van der Waals surface area (Å²) < 4.78 is 0. The summed E-state index contributed by atoms with van der Waals surface area (Å²) in [5.41, 5.74) is 0. The molecular weight excluding hydrogens is 240 g/mol. The van der Waals surface area contributed by atoms with Crippen molar-refractivity contribution in [3.05, 3.63) is 0 Å². The Bertz CT molecular complexity index is 294. The SMILES string of the molecule is CC(=O)N(C(C)C)C1CCCN(C(=O)CCl)C1. The van der Waals surface area contributed by atoms with Gasteiger partial charge < -0.3 is 9.80 Å². The average Bonchev–Trinajstić information content (AvgIpc) is 2.27. The molecule has 1 fully saturated rings. The first-order chi connectivity index (χ1) is 7.97. The number of halogens is 1. The number of hydrogen-bond donors (Lipinski definition) is 0. The van der Waals surface area contributed by atoms with Crippen molar-refractivity contribution in [1.29, 1.82) is 0 Å². The molecule has 0 saturated carbocycles. The van der Waals surface area contributed by atoms with Crippen molar-refractivity contribution in [3.63, 3.8) is 0 Å². The molecule has 0 aromatic carbocycles. The number of carbonyl (C=O) groups excluding carboxylic acids is 2. The van der Waals surface area contributed by atoms with Gasteiger partial charge in [0.1, 0.15) is 5.88 Å². The van der Waals surface area contributed by atoms with Crippen LogP contribution in [0, 0.1) is 0 Å². The molecule has 0 spiro atoms. The van der Waals surface area contributed by atoms with E-state index in [0.717, 1.165) is 19.4 Å². The molecule has 0 aromatic heterocycles. The Kier molecular flexibility index (Phi) is 5.25. The smallest absolute Gasteiger partial charge is 0.237 e. The van der Waals surface area contributed by atoms with E-state index in [9.17, 15) is 9.59 Å². The normalized spacial score (nSPS) is 20.5. The highest BCUT2D eigenvalue weighted by Gasteiger charge is 2.30. The summed E-state index contributed by atoms with van der Waals surface area (Å²) in [7, 11) is 0. The maximum absolute atomic E-state index is 11.6. The van der Waals surface area contributed by atoms with Gasteiger partial charge in [-0.25, -0.2) is 0 Å². The molecule has 5 heteroatoms. The topological polar surface area (TPSA) is 40.6 Å². The number of alkyl halides is 1. The molecule has 0 aliphatic carbocycles. The summed E-state index contributed by atoms with van der Waals surface area (Å²) >= 11 is 5.57. The van der Waals surface area contributed by atoms with Gasteiger partial charge in [0.05, 0.1) is 0 Å². The molecule has 0 aromatic rings. The van der Waals surface area contributed by atoms with Gasteiger partial charge in [0.15, 0.2) is 0 Å². The zero-order valence-corrected chi connectivity index (χ0v) is 11.5. The maximum atomic E-state index is 11.6. The number of likely N-dealkylation sites (tertiary alicyclic amines) is 1. The molecule has 1 aliphatic heterocycles. The van der Waals surface area contributed by atoms with Gasteiger partial charge in [0.25, 0.3) is 0 Å². The first-order valence-electron chi connectivity index (χ1n) is 6.10. The van der Waals surface area contributed by atoms with E-state index in [0.29, 0.717) is 6.54 Å². The Morgan fingerprint density at radius 3 is 2.59 bits per heavy atom. The minimum atomic E-state index is -0.0383. The molecule has 1 unspecified atom stereocenters. The second-order valence-electron chi connectivity index (χ2n) is 4.79. The van der Waals surface area contributed by atoms with Crippen LogP contribution >= 0.6 is 11.6 Å². The third-order valence-corrected chi connectivity index (χ3v) is 3.41. The quantitative estimate of drug-likeness (QED) is 0.721. The molecule has 0 bridgehead atoms. The van der Waals surface area contributed by atoms with Crippen LogP contribution in [0.15, 0.2) is 0 Å². The molecule has 2 amide bonds. The van der Waals surface area contributed by atoms with Crippen LogP contribution in [-0.2, 0) is 9.59 Å². The molecule has 1 heterocycles. The van der Waals surface area contributed by atoms with Crippen LogP contribution in [0.4, 0.5) is 0 Å². The van der Waals surface area contributed by atoms with Crippen LogP contribution in [0.25, 0.3) is 0 Å². The van der Waals surface area contributed by atoms with Crippen LogP contribution in [0.3, 0.4) is 0 Å². The van der Waals surface area contributed by atoms with Crippen molar-refractivity contribution in [3.8, 4) is 0 Å². The van der Waals surface area contributed by atoms with Gasteiger partial charge >= 0.3 is 0 Å². The number of carbonyl (C=O) groups is 2. The number of nitrogens with zero attached hydrogens (tertiary/aromatic N) is 2. The van der Waals surface area contributed by atoms with Gasteiger partial charge in [-0.2, -0.15) is 0 Å². The summed E-state index contributed by atoms with van der Waals surface area (Å²) in [5.74, 6) is 0.0582. The summed E-state index contributed by atoms with van der Waals surface area (Å²) in [6, 6.07) is 0.303. The Morgan fingerprint density at radius 2 is 2.12 bits per heavy atom. The van der Waals surface area contributed by atoms with Crippen LogP contribution in [0.5, 0.6) is 0 Å². The fraction of sp³-hybridized carbons (Fsp3) is 0.833. The van der Waals surface area contributed by atoms with Crippen LogP contribution in [0.1, 0.15) is 33.6 Å². The monoisotopic (exact) mass is 260 g/mol. The van der Waals surface area contributed by atoms with Gasteiger partial charge in [-0.05, 0) is 26.7 Å². The van der Waals surface area contributed by atoms with E-state index in [4.69, 9.17) is 11.6 Å². The highest BCUT2D eigenvalue weighted by Crippen LogP contribution is 2.18. The van der Waals surface area contributed by atoms with Gasteiger partial charge in [0.2, 0.25) is 11.8 Å². The highest BCUT2D eigenvalue weighted by atomic mass is 35.5. The molecular formula is C12H21ClN2O2. The molecule has 17 heavy (non-hydrogen) atoms. The van der Waals surface area contributed by atoms with Gasteiger partial charge in [0, 0.05) is 32.1 Å². The van der Waals surface area contributed by atoms with Gasteiger partial charge in [-0.3, -0.25) is 9.59 Å². The van der Waals surface area contributed by atoms with Gasteiger partial charge in [-0.1, -0.05) is 0 Å². The lowest BCUT2D eigenvalue weighted by Crippen LogP contribution is -2.53. The molecule has 1 atom stereocenters. The second kappa shape index (κ2) is 6.24. The third-order valence-electron chi connectivity index (χ3n) is 3.18. The lowest BCUT2D eigenvalue weighted by atomic mass is 10.0. The summed E-state index contributed by atoms with van der Waals surface area (Å²) in [6.45, 7) is 6.96. The van der Waals surface area contributed by atoms with E-state index < -0.39 is 0 Å². The zero-order valence-electron chi connectivity index (χ0n) is 10.8. The standard InChI is InChI=1S/C12H21ClN2O2/c1-9(2)15(10(3)16)11-5-4-6-14(8-11)12(17)7-13/h9,11H,4-8H2,1-3H3. The third kappa shape index (κ3) is 3.60. The lowest BCUT2D eigenvalue weighted by molar-refractivity contribution is -0.138. The fourth-order valence-electron chi connectivity index (χ4n) is 2.54.